The van der Waals surface area contributed by atoms with E-state index in [4.69, 9.17) is 4.74 Å². The third kappa shape index (κ3) is 4.28. The molecule has 0 spiro atoms. The predicted molar refractivity (Wildman–Crippen MR) is 93.6 cm³/mol. The lowest BCUT2D eigenvalue weighted by Crippen LogP contribution is -2.28. The maximum Gasteiger partial charge on any atom is 0.290 e. The van der Waals surface area contributed by atoms with E-state index in [0.29, 0.717) is 23.7 Å². The number of carbonyl (C=O) groups is 1. The molecule has 1 N–H and O–H groups in total. The highest BCUT2D eigenvalue weighted by atomic mass is 19.1. The Kier molecular flexibility index (Phi) is 5.72. The van der Waals surface area contributed by atoms with E-state index in [9.17, 15) is 9.18 Å². The lowest BCUT2D eigenvalue weighted by atomic mass is 10.1. The quantitative estimate of drug-likeness (QED) is 0.900. The summed E-state index contributed by atoms with van der Waals surface area (Å²) in [7, 11) is 0. The molecule has 0 unspecified atom stereocenters. The zero-order valence-corrected chi connectivity index (χ0v) is 14.0. The molecule has 4 nitrogen and oxygen atoms in total. The van der Waals surface area contributed by atoms with Crippen molar-refractivity contribution in [3.05, 3.63) is 35.9 Å². The molecule has 24 heavy (non-hydrogen) atoms. The van der Waals surface area contributed by atoms with E-state index in [1.165, 1.54) is 25.3 Å². The van der Waals surface area contributed by atoms with Crippen LogP contribution < -0.4 is 10.2 Å². The summed E-state index contributed by atoms with van der Waals surface area (Å²) in [6, 6.07) is 4.93. The summed E-state index contributed by atoms with van der Waals surface area (Å²) >= 11 is 0. The molecule has 0 bridgehead atoms. The van der Waals surface area contributed by atoms with Gasteiger partial charge in [0.2, 0.25) is 0 Å². The topological polar surface area (TPSA) is 41.6 Å². The molecule has 5 heteroatoms. The van der Waals surface area contributed by atoms with Crippen molar-refractivity contribution >= 4 is 17.3 Å². The van der Waals surface area contributed by atoms with Crippen LogP contribution in [0.25, 0.3) is 0 Å². The molecule has 1 saturated heterocycles. The normalized spacial score (nSPS) is 18.9. The molecule has 130 valence electrons. The van der Waals surface area contributed by atoms with E-state index < -0.39 is 0 Å². The smallest absolute Gasteiger partial charge is 0.290 e. The summed E-state index contributed by atoms with van der Waals surface area (Å²) in [5.41, 5.74) is 1.09. The molecule has 0 atom stereocenters. The Bertz CT molecular complexity index is 607. The first-order valence-electron chi connectivity index (χ1n) is 8.93. The third-order valence-corrected chi connectivity index (χ3v) is 4.56. The molecular formula is C19H25FN2O2. The van der Waals surface area contributed by atoms with Gasteiger partial charge in [0, 0.05) is 18.8 Å². The van der Waals surface area contributed by atoms with Crippen LogP contribution in [0.3, 0.4) is 0 Å². The Morgan fingerprint density at radius 1 is 1.08 bits per heavy atom. The van der Waals surface area contributed by atoms with E-state index in [1.54, 1.807) is 18.2 Å². The Morgan fingerprint density at radius 2 is 1.83 bits per heavy atom. The lowest BCUT2D eigenvalue weighted by molar-refractivity contribution is -0.116. The second-order valence-electron chi connectivity index (χ2n) is 6.43. The van der Waals surface area contributed by atoms with Crippen LogP contribution in [0.2, 0.25) is 0 Å². The molecule has 0 radical (unpaired) electrons. The second-order valence-corrected chi connectivity index (χ2v) is 6.43. The van der Waals surface area contributed by atoms with Crippen molar-refractivity contribution < 1.29 is 13.9 Å². The SMILES string of the molecule is O=C(Nc1ccc(N2CCCCCCC2)c(F)c1)C1=CCCCO1. The molecule has 2 heterocycles. The maximum absolute atomic E-state index is 14.5. The fourth-order valence-corrected chi connectivity index (χ4v) is 3.24. The average Bonchev–Trinajstić information content (AvgIpc) is 2.56. The van der Waals surface area contributed by atoms with Crippen molar-refractivity contribution in [2.45, 2.75) is 44.9 Å². The molecule has 0 saturated carbocycles. The Labute approximate surface area is 142 Å². The van der Waals surface area contributed by atoms with Gasteiger partial charge in [-0.1, -0.05) is 19.3 Å². The van der Waals surface area contributed by atoms with E-state index in [2.05, 4.69) is 10.2 Å². The Balaban J connectivity index is 1.67. The van der Waals surface area contributed by atoms with Crippen molar-refractivity contribution in [2.75, 3.05) is 29.9 Å². The van der Waals surface area contributed by atoms with Crippen LogP contribution in [0, 0.1) is 5.82 Å². The number of amides is 1. The van der Waals surface area contributed by atoms with Crippen LogP contribution in [0.15, 0.2) is 30.0 Å². The molecule has 0 aliphatic carbocycles. The number of carbonyl (C=O) groups excluding carboxylic acids is 1. The fourth-order valence-electron chi connectivity index (χ4n) is 3.24. The number of nitrogens with zero attached hydrogens (tertiary/aromatic N) is 1. The van der Waals surface area contributed by atoms with Gasteiger partial charge in [0.25, 0.3) is 5.91 Å². The van der Waals surface area contributed by atoms with Crippen LogP contribution in [-0.2, 0) is 9.53 Å². The summed E-state index contributed by atoms with van der Waals surface area (Å²) in [6.45, 7) is 2.34. The van der Waals surface area contributed by atoms with Crippen molar-refractivity contribution in [3.63, 3.8) is 0 Å². The van der Waals surface area contributed by atoms with Crippen LogP contribution in [0.4, 0.5) is 15.8 Å². The molecule has 1 aromatic carbocycles. The first kappa shape index (κ1) is 16.8. The van der Waals surface area contributed by atoms with Crippen molar-refractivity contribution in [1.82, 2.24) is 0 Å². The molecule has 1 amide bonds. The van der Waals surface area contributed by atoms with Crippen molar-refractivity contribution in [2.24, 2.45) is 0 Å². The third-order valence-electron chi connectivity index (χ3n) is 4.56. The number of hydrogen-bond donors (Lipinski definition) is 1. The standard InChI is InChI=1S/C19H25FN2O2/c20-16-14-15(21-19(23)18-8-4-7-13-24-18)9-10-17(16)22-11-5-2-1-3-6-12-22/h8-10,14H,1-7,11-13H2,(H,21,23). The van der Waals surface area contributed by atoms with E-state index in [-0.39, 0.29) is 11.7 Å². The molecule has 2 aliphatic rings. The number of anilines is 2. The van der Waals surface area contributed by atoms with Gasteiger partial charge in [-0.2, -0.15) is 0 Å². The maximum atomic E-state index is 14.5. The molecule has 2 aliphatic heterocycles. The van der Waals surface area contributed by atoms with Crippen LogP contribution in [-0.4, -0.2) is 25.6 Å². The number of halogens is 1. The number of hydrogen-bond acceptors (Lipinski definition) is 3. The summed E-state index contributed by atoms with van der Waals surface area (Å²) in [4.78, 5) is 14.2. The minimum Gasteiger partial charge on any atom is -0.488 e. The van der Waals surface area contributed by atoms with Gasteiger partial charge in [0.15, 0.2) is 5.76 Å². The summed E-state index contributed by atoms with van der Waals surface area (Å²) in [5, 5.41) is 2.71. The Hall–Kier alpha value is -2.04. The Morgan fingerprint density at radius 3 is 2.50 bits per heavy atom. The van der Waals surface area contributed by atoms with Gasteiger partial charge in [-0.3, -0.25) is 4.79 Å². The summed E-state index contributed by atoms with van der Waals surface area (Å²) < 4.78 is 19.9. The van der Waals surface area contributed by atoms with Gasteiger partial charge in [-0.15, -0.1) is 0 Å². The van der Waals surface area contributed by atoms with Gasteiger partial charge in [0.05, 0.1) is 12.3 Å². The van der Waals surface area contributed by atoms with E-state index in [0.717, 1.165) is 38.8 Å². The van der Waals surface area contributed by atoms with Crippen molar-refractivity contribution in [1.29, 1.82) is 0 Å². The lowest BCUT2D eigenvalue weighted by Gasteiger charge is -2.27. The second kappa shape index (κ2) is 8.18. The number of nitrogens with one attached hydrogen (secondary N) is 1. The van der Waals surface area contributed by atoms with Gasteiger partial charge in [0.1, 0.15) is 5.82 Å². The monoisotopic (exact) mass is 332 g/mol. The summed E-state index contributed by atoms with van der Waals surface area (Å²) in [5.74, 6) is -0.269. The summed E-state index contributed by atoms with van der Waals surface area (Å²) in [6.07, 6.45) is 9.44. The van der Waals surface area contributed by atoms with Crippen LogP contribution in [0.5, 0.6) is 0 Å². The molecular weight excluding hydrogens is 307 g/mol. The number of ether oxygens (including phenoxy) is 1. The van der Waals surface area contributed by atoms with Crippen LogP contribution >= 0.6 is 0 Å². The minimum atomic E-state index is -0.312. The molecule has 3 rings (SSSR count). The van der Waals surface area contributed by atoms with E-state index >= 15 is 0 Å². The molecule has 1 fully saturated rings. The first-order chi connectivity index (χ1) is 11.7. The zero-order valence-electron chi connectivity index (χ0n) is 14.0. The number of rotatable bonds is 3. The van der Waals surface area contributed by atoms with Gasteiger partial charge in [-0.25, -0.2) is 4.39 Å². The highest BCUT2D eigenvalue weighted by Crippen LogP contribution is 2.25. The average molecular weight is 332 g/mol. The molecule has 1 aromatic rings. The molecule has 0 aromatic heterocycles. The van der Waals surface area contributed by atoms with E-state index in [1.807, 2.05) is 0 Å². The van der Waals surface area contributed by atoms with Gasteiger partial charge < -0.3 is 15.0 Å². The highest BCUT2D eigenvalue weighted by Gasteiger charge is 2.17. The number of benzene rings is 1. The van der Waals surface area contributed by atoms with Crippen molar-refractivity contribution in [3.8, 4) is 0 Å². The number of allylic oxidation sites excluding steroid dienone is 1. The highest BCUT2D eigenvalue weighted by molar-refractivity contribution is 6.02. The predicted octanol–water partition coefficient (Wildman–Crippen LogP) is 4.23. The van der Waals surface area contributed by atoms with Gasteiger partial charge in [-0.05, 0) is 50.0 Å². The zero-order chi connectivity index (χ0) is 16.8. The first-order valence-corrected chi connectivity index (χ1v) is 8.93. The fraction of sp³-hybridized carbons (Fsp3) is 0.526. The minimum absolute atomic E-state index is 0.285. The largest absolute Gasteiger partial charge is 0.488 e. The van der Waals surface area contributed by atoms with Crippen LogP contribution in [0.1, 0.15) is 44.9 Å². The van der Waals surface area contributed by atoms with Gasteiger partial charge >= 0.3 is 0 Å².